The van der Waals surface area contributed by atoms with Crippen molar-refractivity contribution in [2.45, 2.75) is 64.5 Å². The van der Waals surface area contributed by atoms with E-state index in [0.717, 1.165) is 41.7 Å². The number of ether oxygens (including phenoxy) is 1. The van der Waals surface area contributed by atoms with Crippen LogP contribution in [0.25, 0.3) is 0 Å². The van der Waals surface area contributed by atoms with E-state index in [1.807, 2.05) is 39.8 Å². The van der Waals surface area contributed by atoms with Crippen molar-refractivity contribution in [1.29, 1.82) is 5.26 Å². The van der Waals surface area contributed by atoms with Crippen molar-refractivity contribution in [3.8, 4) is 6.07 Å². The summed E-state index contributed by atoms with van der Waals surface area (Å²) in [4.78, 5) is 21.9. The Kier molecular flexibility index (Phi) is 8.41. The average Bonchev–Trinajstić information content (AvgIpc) is 2.80. The summed E-state index contributed by atoms with van der Waals surface area (Å²) in [5.74, 6) is 0.284. The molecule has 2 saturated heterocycles. The van der Waals surface area contributed by atoms with Gasteiger partial charge in [0.25, 0.3) is 0 Å². The van der Waals surface area contributed by atoms with Crippen LogP contribution in [0.2, 0.25) is 0 Å². The predicted octanol–water partition coefficient (Wildman–Crippen LogP) is 5.19. The van der Waals surface area contributed by atoms with Crippen molar-refractivity contribution in [2.24, 2.45) is 11.1 Å². The normalized spacial score (nSPS) is 23.2. The second kappa shape index (κ2) is 10.9. The molecule has 2 fully saturated rings. The molecule has 0 spiro atoms. The van der Waals surface area contributed by atoms with Gasteiger partial charge in [-0.2, -0.15) is 5.26 Å². The Morgan fingerprint density at radius 1 is 1.27 bits per heavy atom. The molecule has 0 bridgehead atoms. The molecule has 0 N–H and O–H groups in total. The summed E-state index contributed by atoms with van der Waals surface area (Å²) in [5, 5.41) is 14.6. The van der Waals surface area contributed by atoms with Crippen LogP contribution >= 0.6 is 15.9 Å². The molecule has 8 heteroatoms. The molecule has 1 unspecified atom stereocenters. The topological polar surface area (TPSA) is 78.2 Å². The fourth-order valence-electron chi connectivity index (χ4n) is 4.58. The molecule has 33 heavy (non-hydrogen) atoms. The molecule has 1 atom stereocenters. The summed E-state index contributed by atoms with van der Waals surface area (Å²) in [6, 6.07) is 10.8. The largest absolute Gasteiger partial charge is 0.444 e. The van der Waals surface area contributed by atoms with Gasteiger partial charge in [-0.25, -0.2) is 4.79 Å². The third-order valence-corrected chi connectivity index (χ3v) is 6.90. The lowest BCUT2D eigenvalue weighted by atomic mass is 9.84. The molecule has 1 aromatic rings. The Hall–Kier alpha value is -2.11. The van der Waals surface area contributed by atoms with Gasteiger partial charge in [-0.3, -0.25) is 4.90 Å². The zero-order valence-corrected chi connectivity index (χ0v) is 21.7. The molecule has 7 nitrogen and oxygen atoms in total. The molecule has 1 amide bonds. The van der Waals surface area contributed by atoms with Gasteiger partial charge in [0.05, 0.1) is 11.8 Å². The minimum Gasteiger partial charge on any atom is -0.444 e. The first-order valence-corrected chi connectivity index (χ1v) is 12.6. The summed E-state index contributed by atoms with van der Waals surface area (Å²) in [7, 11) is 0. The first-order valence-electron chi connectivity index (χ1n) is 11.8. The monoisotopic (exact) mass is 520 g/mol. The number of halogens is 1. The van der Waals surface area contributed by atoms with Crippen molar-refractivity contribution >= 4 is 27.7 Å². The first-order chi connectivity index (χ1) is 15.7. The van der Waals surface area contributed by atoms with Crippen LogP contribution in [0.1, 0.15) is 58.9 Å². The van der Waals surface area contributed by atoms with Gasteiger partial charge < -0.3 is 14.5 Å². The number of carbonyl (C=O) groups is 1. The maximum atomic E-state index is 12.4. The van der Waals surface area contributed by atoms with Crippen LogP contribution in [0.4, 0.5) is 4.79 Å². The van der Waals surface area contributed by atoms with Gasteiger partial charge in [0.2, 0.25) is 0 Å². The smallest absolute Gasteiger partial charge is 0.410 e. The Morgan fingerprint density at radius 3 is 2.45 bits per heavy atom. The molecule has 3 rings (SSSR count). The highest BCUT2D eigenvalue weighted by atomic mass is 79.9. The summed E-state index contributed by atoms with van der Waals surface area (Å²) in [6.07, 6.45) is 2.82. The van der Waals surface area contributed by atoms with Crippen LogP contribution in [-0.4, -0.2) is 65.5 Å². The highest BCUT2D eigenvalue weighted by Crippen LogP contribution is 2.34. The van der Waals surface area contributed by atoms with Crippen molar-refractivity contribution < 1.29 is 14.4 Å². The zero-order chi connectivity index (χ0) is 24.1. The fourth-order valence-corrected chi connectivity index (χ4v) is 4.85. The number of rotatable bonds is 5. The second-order valence-electron chi connectivity index (χ2n) is 9.77. The number of hydrogen-bond acceptors (Lipinski definition) is 6. The van der Waals surface area contributed by atoms with Crippen LogP contribution in [0.15, 0.2) is 33.9 Å². The van der Waals surface area contributed by atoms with E-state index >= 15 is 0 Å². The molecule has 2 aliphatic heterocycles. The fraction of sp³-hybridized carbons (Fsp3) is 0.640. The van der Waals surface area contributed by atoms with Crippen LogP contribution < -0.4 is 0 Å². The third-order valence-electron chi connectivity index (χ3n) is 6.37. The standard InChI is InChI=1S/C25H35BrN4O3/c1-5-32-28-22(19-6-8-21(26)9-7-19)20-10-14-30(15-11-20)25(18-27)12-16-29(17-13-25)23(31)33-24(2,3)4/h6-9,20H,5,10-17H2,1-4H3/b28-22+/i16+2. The lowest BCUT2D eigenvalue weighted by Crippen LogP contribution is -2.58. The van der Waals surface area contributed by atoms with E-state index < -0.39 is 11.1 Å². The van der Waals surface area contributed by atoms with Gasteiger partial charge >= 0.3 is 6.09 Å². The Balaban J connectivity index is 1.63. The van der Waals surface area contributed by atoms with Crippen LogP contribution in [-0.2, 0) is 9.57 Å². The molecule has 180 valence electrons. The SMILES string of the molecule is CCO/N=C(\c1ccc(Br)cc1)C1CCN(C2(C#N)CCN(C(=O)OC(C)(C)C)[14CH2]C2)CC1. The Morgan fingerprint density at radius 2 is 1.94 bits per heavy atom. The average molecular weight is 521 g/mol. The molecule has 0 saturated carbocycles. The van der Waals surface area contributed by atoms with Crippen LogP contribution in [0, 0.1) is 17.2 Å². The number of carbonyl (C=O) groups excluding carboxylic acids is 1. The van der Waals surface area contributed by atoms with Gasteiger partial charge in [-0.1, -0.05) is 33.2 Å². The van der Waals surface area contributed by atoms with Gasteiger partial charge in [0.15, 0.2) is 0 Å². The van der Waals surface area contributed by atoms with Gasteiger partial charge in [0, 0.05) is 36.6 Å². The number of hydrogen-bond donors (Lipinski definition) is 0. The molecule has 2 heterocycles. The van der Waals surface area contributed by atoms with E-state index in [4.69, 9.17) is 9.57 Å². The lowest BCUT2D eigenvalue weighted by Gasteiger charge is -2.47. The maximum absolute atomic E-state index is 12.4. The molecule has 0 radical (unpaired) electrons. The van der Waals surface area contributed by atoms with Crippen LogP contribution in [0.3, 0.4) is 0 Å². The highest BCUT2D eigenvalue weighted by molar-refractivity contribution is 9.10. The van der Waals surface area contributed by atoms with Crippen molar-refractivity contribution in [3.05, 3.63) is 34.3 Å². The van der Waals surface area contributed by atoms with Gasteiger partial charge in [-0.15, -0.1) is 0 Å². The van der Waals surface area contributed by atoms with Crippen molar-refractivity contribution in [2.75, 3.05) is 32.8 Å². The summed E-state index contributed by atoms with van der Waals surface area (Å²) in [6.45, 7) is 10.8. The predicted molar refractivity (Wildman–Crippen MR) is 132 cm³/mol. The molecule has 1 aromatic carbocycles. The van der Waals surface area contributed by atoms with E-state index in [0.29, 0.717) is 32.5 Å². The Bertz CT molecular complexity index is 872. The molecule has 0 aliphatic carbocycles. The Labute approximate surface area is 205 Å². The van der Waals surface area contributed by atoms with Gasteiger partial charge in [-0.05, 0) is 71.1 Å². The van der Waals surface area contributed by atoms with E-state index in [-0.39, 0.29) is 12.0 Å². The summed E-state index contributed by atoms with van der Waals surface area (Å²) in [5.41, 5.74) is 1.01. The van der Waals surface area contributed by atoms with E-state index in [9.17, 15) is 10.1 Å². The number of oxime groups is 1. The quantitative estimate of drug-likeness (QED) is 0.394. The highest BCUT2D eigenvalue weighted by Gasteiger charge is 2.43. The first kappa shape index (κ1) is 25.5. The summed E-state index contributed by atoms with van der Waals surface area (Å²) >= 11 is 3.50. The molecule has 0 aromatic heterocycles. The number of piperidine rings is 2. The number of nitriles is 1. The minimum absolute atomic E-state index is 0.284. The number of nitrogens with zero attached hydrogens (tertiary/aromatic N) is 4. The second-order valence-corrected chi connectivity index (χ2v) is 10.7. The molecule has 2 aliphatic rings. The molecular formula is C25H35BrN4O3. The van der Waals surface area contributed by atoms with E-state index in [1.54, 1.807) is 4.90 Å². The van der Waals surface area contributed by atoms with Gasteiger partial charge in [0.1, 0.15) is 17.7 Å². The number of likely N-dealkylation sites (tertiary alicyclic amines) is 2. The van der Waals surface area contributed by atoms with Crippen molar-refractivity contribution in [3.63, 3.8) is 0 Å². The van der Waals surface area contributed by atoms with Crippen molar-refractivity contribution in [1.82, 2.24) is 9.80 Å². The van der Waals surface area contributed by atoms with E-state index in [1.165, 1.54) is 0 Å². The molecular weight excluding hydrogens is 486 g/mol. The number of amides is 1. The summed E-state index contributed by atoms with van der Waals surface area (Å²) < 4.78 is 6.54. The van der Waals surface area contributed by atoms with Crippen LogP contribution in [0.5, 0.6) is 0 Å². The lowest BCUT2D eigenvalue weighted by molar-refractivity contribution is 0.00179. The number of benzene rings is 1. The maximum Gasteiger partial charge on any atom is 0.410 e. The van der Waals surface area contributed by atoms with E-state index in [2.05, 4.69) is 44.2 Å². The minimum atomic E-state index is -0.529. The third kappa shape index (κ3) is 6.48. The zero-order valence-electron chi connectivity index (χ0n) is 20.1.